The van der Waals surface area contributed by atoms with Crippen molar-refractivity contribution < 1.29 is 13.2 Å². The van der Waals surface area contributed by atoms with E-state index in [1.165, 1.54) is 6.07 Å². The summed E-state index contributed by atoms with van der Waals surface area (Å²) >= 11 is 5.26. The average Bonchev–Trinajstić information content (AvgIpc) is 2.03. The lowest BCUT2D eigenvalue weighted by Gasteiger charge is -2.00. The van der Waals surface area contributed by atoms with E-state index in [9.17, 15) is 13.2 Å². The Labute approximate surface area is 82.3 Å². The van der Waals surface area contributed by atoms with Gasteiger partial charge in [-0.3, -0.25) is 4.79 Å². The minimum atomic E-state index is -2.53. The Bertz CT molecular complexity index is 390. The standard InChI is InChI=1S/C8H7ClO3S/c9-8(10)7-4-2-1-3-6(7)5-13(11)12/h1-4,13H,5H2. The average molecular weight is 219 g/mol. The molecule has 0 heterocycles. The topological polar surface area (TPSA) is 51.2 Å². The summed E-state index contributed by atoms with van der Waals surface area (Å²) in [5.74, 6) is -0.149. The van der Waals surface area contributed by atoms with Gasteiger partial charge < -0.3 is 0 Å². The van der Waals surface area contributed by atoms with Crippen molar-refractivity contribution in [2.75, 3.05) is 0 Å². The van der Waals surface area contributed by atoms with Crippen molar-refractivity contribution in [3.05, 3.63) is 35.4 Å². The van der Waals surface area contributed by atoms with Crippen molar-refractivity contribution >= 4 is 27.5 Å². The van der Waals surface area contributed by atoms with Crippen LogP contribution in [0.1, 0.15) is 15.9 Å². The highest BCUT2D eigenvalue weighted by Gasteiger charge is 2.07. The van der Waals surface area contributed by atoms with Crippen molar-refractivity contribution in [2.24, 2.45) is 0 Å². The maximum absolute atomic E-state index is 10.8. The predicted octanol–water partition coefficient (Wildman–Crippen LogP) is 1.18. The van der Waals surface area contributed by atoms with Crippen LogP contribution in [0.4, 0.5) is 0 Å². The van der Waals surface area contributed by atoms with E-state index >= 15 is 0 Å². The van der Waals surface area contributed by atoms with Gasteiger partial charge in [0.05, 0.1) is 5.75 Å². The highest BCUT2D eigenvalue weighted by molar-refractivity contribution is 7.71. The molecule has 0 saturated heterocycles. The van der Waals surface area contributed by atoms with Crippen LogP contribution in [0.2, 0.25) is 0 Å². The summed E-state index contributed by atoms with van der Waals surface area (Å²) in [7, 11) is -2.53. The molecule has 0 saturated carbocycles. The van der Waals surface area contributed by atoms with Gasteiger partial charge >= 0.3 is 0 Å². The monoisotopic (exact) mass is 218 g/mol. The summed E-state index contributed by atoms with van der Waals surface area (Å²) < 4.78 is 20.9. The van der Waals surface area contributed by atoms with Crippen molar-refractivity contribution in [3.63, 3.8) is 0 Å². The Morgan fingerprint density at radius 3 is 2.46 bits per heavy atom. The molecular formula is C8H7ClO3S. The number of carbonyl (C=O) groups is 1. The molecular weight excluding hydrogens is 212 g/mol. The third-order valence-corrected chi connectivity index (χ3v) is 2.33. The molecule has 3 nitrogen and oxygen atoms in total. The first-order chi connectivity index (χ1) is 6.11. The van der Waals surface area contributed by atoms with Crippen LogP contribution in [0.15, 0.2) is 24.3 Å². The zero-order valence-electron chi connectivity index (χ0n) is 6.57. The van der Waals surface area contributed by atoms with Crippen molar-refractivity contribution in [2.45, 2.75) is 5.75 Å². The summed E-state index contributed by atoms with van der Waals surface area (Å²) in [5.41, 5.74) is 0.696. The lowest BCUT2D eigenvalue weighted by Crippen LogP contribution is -1.97. The number of halogens is 1. The molecule has 0 atom stereocenters. The van der Waals surface area contributed by atoms with E-state index in [4.69, 9.17) is 11.6 Å². The minimum absolute atomic E-state index is 0.149. The second-order valence-corrected chi connectivity index (χ2v) is 3.75. The second kappa shape index (κ2) is 4.39. The van der Waals surface area contributed by atoms with Gasteiger partial charge in [-0.15, -0.1) is 0 Å². The normalized spacial score (nSPS) is 10.3. The number of rotatable bonds is 3. The van der Waals surface area contributed by atoms with Crippen LogP contribution in [0.5, 0.6) is 0 Å². The maximum Gasteiger partial charge on any atom is 0.252 e. The smallest absolute Gasteiger partial charge is 0.252 e. The number of thiol groups is 1. The molecule has 0 amide bonds. The van der Waals surface area contributed by atoms with E-state index in [2.05, 4.69) is 0 Å². The molecule has 0 unspecified atom stereocenters. The number of hydrogen-bond acceptors (Lipinski definition) is 3. The molecule has 70 valence electrons. The van der Waals surface area contributed by atoms with Crippen LogP contribution in [0, 0.1) is 0 Å². The summed E-state index contributed by atoms with van der Waals surface area (Å²) in [6.45, 7) is 0. The number of carbonyl (C=O) groups excluding carboxylic acids is 1. The van der Waals surface area contributed by atoms with Crippen LogP contribution >= 0.6 is 11.6 Å². The quantitative estimate of drug-likeness (QED) is 0.612. The highest BCUT2D eigenvalue weighted by atomic mass is 35.5. The van der Waals surface area contributed by atoms with Gasteiger partial charge in [0, 0.05) is 5.56 Å². The lowest BCUT2D eigenvalue weighted by atomic mass is 10.1. The van der Waals surface area contributed by atoms with E-state index in [0.717, 1.165) is 0 Å². The molecule has 5 heteroatoms. The van der Waals surface area contributed by atoms with Gasteiger partial charge in [-0.05, 0) is 23.2 Å². The van der Waals surface area contributed by atoms with E-state index in [1.54, 1.807) is 18.2 Å². The molecule has 0 radical (unpaired) electrons. The zero-order chi connectivity index (χ0) is 9.84. The second-order valence-electron chi connectivity index (χ2n) is 2.42. The lowest BCUT2D eigenvalue weighted by molar-refractivity contribution is 0.108. The summed E-state index contributed by atoms with van der Waals surface area (Å²) in [5, 5.41) is -0.632. The third-order valence-electron chi connectivity index (χ3n) is 1.53. The highest BCUT2D eigenvalue weighted by Crippen LogP contribution is 2.12. The van der Waals surface area contributed by atoms with Crippen LogP contribution < -0.4 is 0 Å². The molecule has 1 rings (SSSR count). The Morgan fingerprint density at radius 1 is 1.31 bits per heavy atom. The first-order valence-corrected chi connectivity index (χ1v) is 5.25. The SMILES string of the molecule is O=C(Cl)c1ccccc1C[SH](=O)=O. The number of hydrogen-bond donors (Lipinski definition) is 1. The van der Waals surface area contributed by atoms with Gasteiger partial charge in [0.25, 0.3) is 5.24 Å². The molecule has 0 N–H and O–H groups in total. The summed E-state index contributed by atoms with van der Waals surface area (Å²) in [4.78, 5) is 10.8. The predicted molar refractivity (Wildman–Crippen MR) is 50.6 cm³/mol. The molecule has 13 heavy (non-hydrogen) atoms. The van der Waals surface area contributed by atoms with Gasteiger partial charge in [-0.2, -0.15) is 0 Å². The van der Waals surface area contributed by atoms with Gasteiger partial charge in [-0.1, -0.05) is 18.2 Å². The molecule has 1 aromatic carbocycles. The molecule has 1 aromatic rings. The molecule has 0 aliphatic carbocycles. The maximum atomic E-state index is 10.8. The zero-order valence-corrected chi connectivity index (χ0v) is 8.22. The third kappa shape index (κ3) is 2.82. The van der Waals surface area contributed by atoms with Gasteiger partial charge in [0.2, 0.25) is 0 Å². The van der Waals surface area contributed by atoms with Gasteiger partial charge in [0.15, 0.2) is 0 Å². The molecule has 0 spiro atoms. The fourth-order valence-corrected chi connectivity index (χ4v) is 1.73. The Hall–Kier alpha value is -0.870. The Kier molecular flexibility index (Phi) is 3.45. The van der Waals surface area contributed by atoms with E-state index in [-0.39, 0.29) is 11.3 Å². The van der Waals surface area contributed by atoms with E-state index < -0.39 is 15.9 Å². The molecule has 0 aliphatic heterocycles. The van der Waals surface area contributed by atoms with E-state index in [1.807, 2.05) is 0 Å². The molecule has 0 fully saturated rings. The summed E-state index contributed by atoms with van der Waals surface area (Å²) in [6, 6.07) is 6.37. The first kappa shape index (κ1) is 10.2. The fourth-order valence-electron chi connectivity index (χ4n) is 0.989. The van der Waals surface area contributed by atoms with Crippen molar-refractivity contribution in [3.8, 4) is 0 Å². The van der Waals surface area contributed by atoms with Crippen LogP contribution in [-0.4, -0.2) is 13.7 Å². The first-order valence-electron chi connectivity index (χ1n) is 3.51. The molecule has 0 bridgehead atoms. The Morgan fingerprint density at radius 2 is 1.92 bits per heavy atom. The number of benzene rings is 1. The van der Waals surface area contributed by atoms with E-state index in [0.29, 0.717) is 5.56 Å². The van der Waals surface area contributed by atoms with Crippen LogP contribution in [-0.2, 0) is 16.5 Å². The van der Waals surface area contributed by atoms with Gasteiger partial charge in [-0.25, -0.2) is 8.42 Å². The van der Waals surface area contributed by atoms with Crippen molar-refractivity contribution in [1.82, 2.24) is 0 Å². The minimum Gasteiger partial charge on any atom is -0.276 e. The molecule has 0 aliphatic rings. The largest absolute Gasteiger partial charge is 0.276 e. The molecule has 0 aromatic heterocycles. The van der Waals surface area contributed by atoms with Crippen molar-refractivity contribution in [1.29, 1.82) is 0 Å². The summed E-state index contributed by atoms with van der Waals surface area (Å²) in [6.07, 6.45) is 0. The van der Waals surface area contributed by atoms with Crippen LogP contribution in [0.3, 0.4) is 0 Å². The Balaban J connectivity index is 3.11. The van der Waals surface area contributed by atoms with Gasteiger partial charge in [0.1, 0.15) is 10.7 Å². The fraction of sp³-hybridized carbons (Fsp3) is 0.125. The van der Waals surface area contributed by atoms with Crippen LogP contribution in [0.25, 0.3) is 0 Å².